The van der Waals surface area contributed by atoms with E-state index in [-0.39, 0.29) is 11.9 Å². The smallest absolute Gasteiger partial charge is 0.258 e. The number of nitrogens with zero attached hydrogens (tertiary/aromatic N) is 4. The third kappa shape index (κ3) is 3.61. The van der Waals surface area contributed by atoms with Crippen molar-refractivity contribution < 1.29 is 4.79 Å². The molecule has 3 aromatic rings. The first-order valence-corrected chi connectivity index (χ1v) is 11.3. The minimum atomic E-state index is 0.00977. The van der Waals surface area contributed by atoms with Gasteiger partial charge in [-0.1, -0.05) is 36.4 Å². The van der Waals surface area contributed by atoms with Gasteiger partial charge in [0.15, 0.2) is 0 Å². The number of carbonyl (C=O) groups excluding carboxylic acids is 1. The molecule has 6 heteroatoms. The second-order valence-electron chi connectivity index (χ2n) is 8.53. The van der Waals surface area contributed by atoms with Crippen LogP contribution in [0.2, 0.25) is 0 Å². The molecular formula is C27H27N5O. The maximum atomic E-state index is 13.3. The fourth-order valence-corrected chi connectivity index (χ4v) is 5.08. The Kier molecular flexibility index (Phi) is 5.49. The van der Waals surface area contributed by atoms with E-state index in [2.05, 4.69) is 39.4 Å². The molecule has 3 aromatic carbocycles. The Labute approximate surface area is 194 Å². The Hall–Kier alpha value is -3.82. The van der Waals surface area contributed by atoms with Gasteiger partial charge >= 0.3 is 0 Å². The molecule has 0 bridgehead atoms. The predicted octanol–water partition coefficient (Wildman–Crippen LogP) is 4.10. The normalized spacial score (nSPS) is 18.2. The molecule has 1 atom stereocenters. The third-order valence-electron chi connectivity index (χ3n) is 6.81. The van der Waals surface area contributed by atoms with E-state index in [1.165, 1.54) is 0 Å². The van der Waals surface area contributed by atoms with Crippen LogP contribution in [0.5, 0.6) is 0 Å². The molecule has 6 nitrogen and oxygen atoms in total. The van der Waals surface area contributed by atoms with Gasteiger partial charge in [0.2, 0.25) is 0 Å². The summed E-state index contributed by atoms with van der Waals surface area (Å²) in [6.45, 7) is 3.31. The van der Waals surface area contributed by atoms with Gasteiger partial charge in [-0.3, -0.25) is 9.69 Å². The monoisotopic (exact) mass is 437 g/mol. The Morgan fingerprint density at radius 2 is 1.61 bits per heavy atom. The summed E-state index contributed by atoms with van der Waals surface area (Å²) >= 11 is 0. The fraction of sp³-hybridized carbons (Fsp3) is 0.259. The van der Waals surface area contributed by atoms with Crippen LogP contribution < -0.4 is 15.1 Å². The summed E-state index contributed by atoms with van der Waals surface area (Å²) < 4.78 is 0. The van der Waals surface area contributed by atoms with E-state index in [0.29, 0.717) is 5.56 Å². The fourth-order valence-electron chi connectivity index (χ4n) is 5.08. The van der Waals surface area contributed by atoms with Crippen LogP contribution >= 0.6 is 0 Å². The van der Waals surface area contributed by atoms with Gasteiger partial charge in [-0.15, -0.1) is 0 Å². The lowest BCUT2D eigenvalue weighted by atomic mass is 9.93. The number of benzene rings is 3. The van der Waals surface area contributed by atoms with E-state index in [4.69, 9.17) is 0 Å². The molecule has 33 heavy (non-hydrogen) atoms. The van der Waals surface area contributed by atoms with Gasteiger partial charge in [0.25, 0.3) is 5.91 Å². The highest BCUT2D eigenvalue weighted by molar-refractivity contribution is 6.08. The molecule has 1 fully saturated rings. The zero-order valence-electron chi connectivity index (χ0n) is 19.0. The number of anilines is 3. The van der Waals surface area contributed by atoms with E-state index in [1.54, 1.807) is 4.90 Å². The van der Waals surface area contributed by atoms with Crippen LogP contribution in [0.3, 0.4) is 0 Å². The topological polar surface area (TPSA) is 62.6 Å². The molecule has 0 radical (unpaired) electrons. The minimum Gasteiger partial charge on any atom is -0.388 e. The van der Waals surface area contributed by atoms with E-state index >= 15 is 0 Å². The van der Waals surface area contributed by atoms with E-state index in [0.717, 1.165) is 59.9 Å². The number of rotatable bonds is 3. The van der Waals surface area contributed by atoms with Gasteiger partial charge in [0.1, 0.15) is 6.07 Å². The first kappa shape index (κ1) is 21.0. The summed E-state index contributed by atoms with van der Waals surface area (Å²) in [7, 11) is 3.72. The molecule has 0 aliphatic carbocycles. The zero-order valence-corrected chi connectivity index (χ0v) is 19.0. The first-order valence-electron chi connectivity index (χ1n) is 11.3. The minimum absolute atomic E-state index is 0.00977. The van der Waals surface area contributed by atoms with Crippen LogP contribution in [0.15, 0.2) is 66.7 Å². The number of carbonyl (C=O) groups is 1. The highest BCUT2D eigenvalue weighted by Crippen LogP contribution is 2.40. The third-order valence-corrected chi connectivity index (χ3v) is 6.81. The summed E-state index contributed by atoms with van der Waals surface area (Å²) in [5.74, 6) is 0.0301. The molecule has 5 rings (SSSR count). The van der Waals surface area contributed by atoms with Crippen molar-refractivity contribution in [3.63, 3.8) is 0 Å². The molecule has 1 N–H and O–H groups in total. The average molecular weight is 438 g/mol. The summed E-state index contributed by atoms with van der Waals surface area (Å²) in [6.07, 6.45) is 0. The van der Waals surface area contributed by atoms with Crippen molar-refractivity contribution in [1.82, 2.24) is 4.90 Å². The Morgan fingerprint density at radius 3 is 2.33 bits per heavy atom. The number of amides is 1. The molecule has 1 unspecified atom stereocenters. The van der Waals surface area contributed by atoms with Crippen molar-refractivity contribution in [3.05, 3.63) is 89.0 Å². The lowest BCUT2D eigenvalue weighted by molar-refractivity contribution is 0.0992. The van der Waals surface area contributed by atoms with Crippen LogP contribution in [-0.2, 0) is 0 Å². The predicted molar refractivity (Wildman–Crippen MR) is 132 cm³/mol. The largest absolute Gasteiger partial charge is 0.388 e. The molecule has 1 amide bonds. The number of hydrogen-bond acceptors (Lipinski definition) is 5. The summed E-state index contributed by atoms with van der Waals surface area (Å²) in [5.41, 5.74) is 6.54. The van der Waals surface area contributed by atoms with Crippen LogP contribution in [-0.4, -0.2) is 51.1 Å². The molecular weight excluding hydrogens is 410 g/mol. The molecule has 0 aromatic heterocycles. The second-order valence-corrected chi connectivity index (χ2v) is 8.53. The van der Waals surface area contributed by atoms with Crippen LogP contribution in [0.1, 0.15) is 33.1 Å². The number of para-hydroxylation sites is 1. The van der Waals surface area contributed by atoms with Crippen molar-refractivity contribution in [1.29, 1.82) is 5.26 Å². The SMILES string of the molecule is CNc1ccc(N2CCN(C3c4ccccc4C(=O)N(C)c4ccccc43)CC2)c(C#N)c1. The molecule has 2 heterocycles. The Balaban J connectivity index is 1.48. The molecule has 0 spiro atoms. The zero-order chi connectivity index (χ0) is 22.9. The van der Waals surface area contributed by atoms with Gasteiger partial charge in [-0.2, -0.15) is 5.26 Å². The highest BCUT2D eigenvalue weighted by Gasteiger charge is 2.35. The number of nitriles is 1. The van der Waals surface area contributed by atoms with Gasteiger partial charge in [0.05, 0.1) is 17.3 Å². The maximum Gasteiger partial charge on any atom is 0.258 e. The van der Waals surface area contributed by atoms with Crippen molar-refractivity contribution in [2.24, 2.45) is 0 Å². The number of hydrogen-bond donors (Lipinski definition) is 1. The van der Waals surface area contributed by atoms with Gasteiger partial charge in [0, 0.05) is 57.2 Å². The van der Waals surface area contributed by atoms with E-state index < -0.39 is 0 Å². The van der Waals surface area contributed by atoms with Gasteiger partial charge in [-0.05, 0) is 41.5 Å². The molecule has 2 aliphatic rings. The van der Waals surface area contributed by atoms with E-state index in [1.807, 2.05) is 62.6 Å². The Bertz CT molecular complexity index is 1240. The van der Waals surface area contributed by atoms with Gasteiger partial charge in [-0.25, -0.2) is 0 Å². The van der Waals surface area contributed by atoms with Crippen molar-refractivity contribution in [2.45, 2.75) is 6.04 Å². The quantitative estimate of drug-likeness (QED) is 0.668. The first-order chi connectivity index (χ1) is 16.1. The molecule has 1 saturated heterocycles. The van der Waals surface area contributed by atoms with Gasteiger partial charge < -0.3 is 15.1 Å². The van der Waals surface area contributed by atoms with Crippen LogP contribution in [0.25, 0.3) is 0 Å². The van der Waals surface area contributed by atoms with Crippen LogP contribution in [0, 0.1) is 11.3 Å². The van der Waals surface area contributed by atoms with Crippen molar-refractivity contribution in [2.75, 3.05) is 55.4 Å². The van der Waals surface area contributed by atoms with Crippen molar-refractivity contribution >= 4 is 23.0 Å². The second kappa shape index (κ2) is 8.61. The summed E-state index contributed by atoms with van der Waals surface area (Å²) in [4.78, 5) is 19.8. The maximum absolute atomic E-state index is 13.3. The van der Waals surface area contributed by atoms with Crippen molar-refractivity contribution in [3.8, 4) is 6.07 Å². The summed E-state index contributed by atoms with van der Waals surface area (Å²) in [5, 5.41) is 12.8. The average Bonchev–Trinajstić information content (AvgIpc) is 2.97. The molecule has 0 saturated carbocycles. The lowest BCUT2D eigenvalue weighted by Crippen LogP contribution is -2.48. The number of piperazine rings is 1. The molecule has 166 valence electrons. The van der Waals surface area contributed by atoms with Crippen LogP contribution in [0.4, 0.5) is 17.1 Å². The highest BCUT2D eigenvalue weighted by atomic mass is 16.2. The summed E-state index contributed by atoms with van der Waals surface area (Å²) in [6, 6.07) is 24.5. The lowest BCUT2D eigenvalue weighted by Gasteiger charge is -2.41. The standard InChI is InChI=1S/C27H27N5O/c1-29-20-11-12-24(19(17-20)18-28)31-13-15-32(16-14-31)26-21-7-3-4-8-22(21)27(33)30(2)25-10-6-5-9-23(25)26/h3-12,17,26,29H,13-16H2,1-2H3. The molecule has 2 aliphatic heterocycles. The number of nitrogens with one attached hydrogen (secondary N) is 1. The number of fused-ring (bicyclic) bond motifs is 2. The Morgan fingerprint density at radius 1 is 0.909 bits per heavy atom. The van der Waals surface area contributed by atoms with E-state index in [9.17, 15) is 10.1 Å².